The molecule has 0 saturated heterocycles. The predicted molar refractivity (Wildman–Crippen MR) is 54.0 cm³/mol. The van der Waals surface area contributed by atoms with Crippen LogP contribution < -0.4 is 0 Å². The molecule has 0 radical (unpaired) electrons. The second kappa shape index (κ2) is 2.61. The number of hydrogen-bond donors (Lipinski definition) is 0. The van der Waals surface area contributed by atoms with E-state index in [1.165, 1.54) is 0 Å². The van der Waals surface area contributed by atoms with Crippen molar-refractivity contribution in [2.75, 3.05) is 0 Å². The van der Waals surface area contributed by atoms with Gasteiger partial charge in [-0.1, -0.05) is 23.8 Å². The molecule has 0 atom stereocenters. The lowest BCUT2D eigenvalue weighted by molar-refractivity contribution is 0.499. The van der Waals surface area contributed by atoms with Gasteiger partial charge in [0.1, 0.15) is 5.15 Å². The summed E-state index contributed by atoms with van der Waals surface area (Å²) in [7, 11) is 0. The molecule has 0 N–H and O–H groups in total. The Morgan fingerprint density at radius 1 is 1.69 bits per heavy atom. The van der Waals surface area contributed by atoms with Crippen molar-refractivity contribution < 1.29 is 0 Å². The molecule has 1 aromatic rings. The Morgan fingerprint density at radius 2 is 2.31 bits per heavy atom. The van der Waals surface area contributed by atoms with Crippen molar-refractivity contribution >= 4 is 11.6 Å². The third-order valence-electron chi connectivity index (χ3n) is 2.80. The van der Waals surface area contributed by atoms with Crippen molar-refractivity contribution in [3.05, 3.63) is 29.1 Å². The Kier molecular flexibility index (Phi) is 1.77. The lowest BCUT2D eigenvalue weighted by atomic mass is 10.1. The Labute approximate surface area is 83.2 Å². The highest BCUT2D eigenvalue weighted by molar-refractivity contribution is 6.30. The highest BCUT2D eigenvalue weighted by Gasteiger charge is 2.47. The fourth-order valence-electron chi connectivity index (χ4n) is 1.65. The molecule has 0 spiro atoms. The summed E-state index contributed by atoms with van der Waals surface area (Å²) in [6, 6.07) is 0. The second-order valence-corrected chi connectivity index (χ2v) is 4.20. The molecule has 1 aliphatic carbocycles. The van der Waals surface area contributed by atoms with E-state index in [-0.39, 0.29) is 5.54 Å². The topological polar surface area (TPSA) is 17.8 Å². The smallest absolute Gasteiger partial charge is 0.130 e. The molecular formula is C10H13ClN2. The number of aryl methyl sites for hydroxylation is 1. The largest absolute Gasteiger partial charge is 0.244 e. The Bertz CT molecular complexity index is 361. The second-order valence-electron chi connectivity index (χ2n) is 3.84. The van der Waals surface area contributed by atoms with E-state index < -0.39 is 0 Å². The third-order valence-corrected chi connectivity index (χ3v) is 3.26. The highest BCUT2D eigenvalue weighted by Crippen LogP contribution is 2.49. The third kappa shape index (κ3) is 1.12. The molecular weight excluding hydrogens is 184 g/mol. The summed E-state index contributed by atoms with van der Waals surface area (Å²) >= 11 is 6.14. The zero-order valence-corrected chi connectivity index (χ0v) is 8.73. The Hall–Kier alpha value is -0.760. The minimum Gasteiger partial charge on any atom is -0.244 e. The summed E-state index contributed by atoms with van der Waals surface area (Å²) in [6.07, 6.45) is 4.04. The molecule has 1 heterocycles. The monoisotopic (exact) mass is 196 g/mol. The quantitative estimate of drug-likeness (QED) is 0.666. The highest BCUT2D eigenvalue weighted by atomic mass is 35.5. The molecule has 0 aliphatic heterocycles. The van der Waals surface area contributed by atoms with Crippen molar-refractivity contribution in [1.29, 1.82) is 0 Å². The van der Waals surface area contributed by atoms with Gasteiger partial charge in [0.2, 0.25) is 0 Å². The maximum absolute atomic E-state index is 6.14. The SMILES string of the molecule is C=C(C)C1(n2ncc(C)c2Cl)CC1. The molecule has 1 saturated carbocycles. The van der Waals surface area contributed by atoms with Gasteiger partial charge in [-0.05, 0) is 26.7 Å². The number of allylic oxidation sites excluding steroid dienone is 1. The normalized spacial score (nSPS) is 18.7. The van der Waals surface area contributed by atoms with Crippen LogP contribution in [0.25, 0.3) is 0 Å². The Morgan fingerprint density at radius 3 is 2.62 bits per heavy atom. The van der Waals surface area contributed by atoms with E-state index in [0.717, 1.165) is 29.1 Å². The van der Waals surface area contributed by atoms with Crippen LogP contribution in [0.2, 0.25) is 5.15 Å². The maximum Gasteiger partial charge on any atom is 0.130 e. The van der Waals surface area contributed by atoms with Crippen LogP contribution in [-0.4, -0.2) is 9.78 Å². The van der Waals surface area contributed by atoms with Crippen LogP contribution >= 0.6 is 11.6 Å². The molecule has 0 bridgehead atoms. The minimum atomic E-state index is 0.0331. The fraction of sp³-hybridized carbons (Fsp3) is 0.500. The van der Waals surface area contributed by atoms with Gasteiger partial charge in [-0.3, -0.25) is 0 Å². The molecule has 0 aromatic carbocycles. The van der Waals surface area contributed by atoms with Gasteiger partial charge in [-0.2, -0.15) is 5.10 Å². The van der Waals surface area contributed by atoms with Crippen molar-refractivity contribution in [3.63, 3.8) is 0 Å². The van der Waals surface area contributed by atoms with Gasteiger partial charge >= 0.3 is 0 Å². The van der Waals surface area contributed by atoms with Crippen molar-refractivity contribution in [2.24, 2.45) is 0 Å². The van der Waals surface area contributed by atoms with E-state index in [9.17, 15) is 0 Å². The minimum absolute atomic E-state index is 0.0331. The molecule has 70 valence electrons. The van der Waals surface area contributed by atoms with E-state index in [0.29, 0.717) is 0 Å². The van der Waals surface area contributed by atoms with Gasteiger partial charge in [0, 0.05) is 5.56 Å². The van der Waals surface area contributed by atoms with Crippen LogP contribution in [0, 0.1) is 6.92 Å². The average Bonchev–Trinajstić information content (AvgIpc) is 2.80. The number of nitrogens with zero attached hydrogens (tertiary/aromatic N) is 2. The number of halogens is 1. The zero-order valence-electron chi connectivity index (χ0n) is 7.97. The summed E-state index contributed by atoms with van der Waals surface area (Å²) in [5, 5.41) is 5.05. The lowest BCUT2D eigenvalue weighted by Crippen LogP contribution is -2.19. The van der Waals surface area contributed by atoms with Crippen LogP contribution in [0.15, 0.2) is 18.3 Å². The standard InChI is InChI=1S/C10H13ClN2/c1-7(2)10(4-5-10)13-9(11)8(3)6-12-13/h6H,1,4-5H2,2-3H3. The molecule has 1 fully saturated rings. The maximum atomic E-state index is 6.14. The van der Waals surface area contributed by atoms with Crippen LogP contribution in [-0.2, 0) is 5.54 Å². The predicted octanol–water partition coefficient (Wildman–Crippen LogP) is 2.91. The molecule has 0 unspecified atom stereocenters. The van der Waals surface area contributed by atoms with E-state index in [1.54, 1.807) is 0 Å². The first-order valence-corrected chi connectivity index (χ1v) is 4.82. The first-order chi connectivity index (χ1) is 6.08. The molecule has 13 heavy (non-hydrogen) atoms. The molecule has 1 aromatic heterocycles. The van der Waals surface area contributed by atoms with E-state index in [4.69, 9.17) is 11.6 Å². The first kappa shape index (κ1) is 8.82. The molecule has 1 aliphatic rings. The van der Waals surface area contributed by atoms with Gasteiger partial charge in [0.25, 0.3) is 0 Å². The van der Waals surface area contributed by atoms with Gasteiger partial charge in [-0.15, -0.1) is 0 Å². The summed E-state index contributed by atoms with van der Waals surface area (Å²) < 4.78 is 1.91. The summed E-state index contributed by atoms with van der Waals surface area (Å²) in [4.78, 5) is 0. The van der Waals surface area contributed by atoms with Crippen LogP contribution in [0.5, 0.6) is 0 Å². The summed E-state index contributed by atoms with van der Waals surface area (Å²) in [5.74, 6) is 0. The fourth-order valence-corrected chi connectivity index (χ4v) is 1.91. The number of hydrogen-bond acceptors (Lipinski definition) is 1. The van der Waals surface area contributed by atoms with E-state index in [1.807, 2.05) is 24.7 Å². The van der Waals surface area contributed by atoms with Crippen LogP contribution in [0.4, 0.5) is 0 Å². The van der Waals surface area contributed by atoms with Crippen LogP contribution in [0.3, 0.4) is 0 Å². The summed E-state index contributed by atoms with van der Waals surface area (Å²) in [6.45, 7) is 8.01. The molecule has 3 heteroatoms. The van der Waals surface area contributed by atoms with E-state index in [2.05, 4.69) is 11.7 Å². The van der Waals surface area contributed by atoms with Gasteiger partial charge in [0.05, 0.1) is 11.7 Å². The molecule has 2 nitrogen and oxygen atoms in total. The Balaban J connectivity index is 2.46. The van der Waals surface area contributed by atoms with Gasteiger partial charge in [0.15, 0.2) is 0 Å². The van der Waals surface area contributed by atoms with Crippen molar-refractivity contribution in [1.82, 2.24) is 9.78 Å². The van der Waals surface area contributed by atoms with Gasteiger partial charge in [-0.25, -0.2) is 4.68 Å². The first-order valence-electron chi connectivity index (χ1n) is 4.44. The number of rotatable bonds is 2. The number of aromatic nitrogens is 2. The zero-order chi connectivity index (χ0) is 9.64. The van der Waals surface area contributed by atoms with E-state index >= 15 is 0 Å². The summed E-state index contributed by atoms with van der Waals surface area (Å²) in [5.41, 5.74) is 2.22. The average molecular weight is 197 g/mol. The van der Waals surface area contributed by atoms with Gasteiger partial charge < -0.3 is 0 Å². The molecule has 2 rings (SSSR count). The van der Waals surface area contributed by atoms with Crippen molar-refractivity contribution in [2.45, 2.75) is 32.2 Å². The molecule has 0 amide bonds. The van der Waals surface area contributed by atoms with Crippen LogP contribution in [0.1, 0.15) is 25.3 Å². The lowest BCUT2D eigenvalue weighted by Gasteiger charge is -2.16. The van der Waals surface area contributed by atoms with Crippen molar-refractivity contribution in [3.8, 4) is 0 Å².